The Morgan fingerprint density at radius 1 is 0.733 bits per heavy atom. The Hall–Kier alpha value is -6.07. The number of hydrogen-bond donors (Lipinski definition) is 1. The summed E-state index contributed by atoms with van der Waals surface area (Å²) in [6.45, 7) is 5.83. The highest BCUT2D eigenvalue weighted by Gasteiger charge is 2.22. The van der Waals surface area contributed by atoms with Gasteiger partial charge in [-0.1, -0.05) is 85.5 Å². The first-order valence-corrected chi connectivity index (χ1v) is 15.0. The zero-order valence-corrected chi connectivity index (χ0v) is 24.8. The molecule has 0 aliphatic rings. The summed E-state index contributed by atoms with van der Waals surface area (Å²) < 4.78 is 2.27. The number of aromatic amines is 1. The lowest BCUT2D eigenvalue weighted by Gasteiger charge is -2.11. The summed E-state index contributed by atoms with van der Waals surface area (Å²) in [5, 5.41) is 3.49. The van der Waals surface area contributed by atoms with Crippen LogP contribution in [0.2, 0.25) is 0 Å². The number of pyridine rings is 1. The molecular weight excluding hydrogens is 550 g/mol. The lowest BCUT2D eigenvalue weighted by atomic mass is 10.0. The second kappa shape index (κ2) is 10.9. The van der Waals surface area contributed by atoms with Gasteiger partial charge in [-0.2, -0.15) is 0 Å². The summed E-state index contributed by atoms with van der Waals surface area (Å²) >= 11 is 0. The lowest BCUT2D eigenvalue weighted by Crippen LogP contribution is -2.01. The highest BCUT2D eigenvalue weighted by atomic mass is 15.0. The SMILES string of the molecule is C=C/C=C\C=C(/C)c1nc(-c2ccccn2)c2c(n1)c1cc(-c3ccc4[nH]c5ccccc5c4c3)ccc1n2-c1ccccc1. The Balaban J connectivity index is 1.44. The molecule has 1 N–H and O–H groups in total. The molecule has 4 aromatic carbocycles. The van der Waals surface area contributed by atoms with E-state index in [1.54, 1.807) is 6.08 Å². The van der Waals surface area contributed by atoms with Crippen LogP contribution in [0, 0.1) is 0 Å². The van der Waals surface area contributed by atoms with Crippen LogP contribution in [-0.4, -0.2) is 24.5 Å². The Kier molecular flexibility index (Phi) is 6.42. The van der Waals surface area contributed by atoms with Crippen LogP contribution in [-0.2, 0) is 0 Å². The van der Waals surface area contributed by atoms with Crippen molar-refractivity contribution in [1.29, 1.82) is 0 Å². The molecule has 0 radical (unpaired) electrons. The summed E-state index contributed by atoms with van der Waals surface area (Å²) in [6, 6.07) is 38.1. The molecule has 0 amide bonds. The van der Waals surface area contributed by atoms with Crippen molar-refractivity contribution in [3.63, 3.8) is 0 Å². The maximum absolute atomic E-state index is 5.24. The third-order valence-electron chi connectivity index (χ3n) is 8.31. The molecule has 45 heavy (non-hydrogen) atoms. The van der Waals surface area contributed by atoms with E-state index in [-0.39, 0.29) is 0 Å². The Labute approximate surface area is 260 Å². The number of aromatic nitrogens is 5. The number of nitrogens with zero attached hydrogens (tertiary/aromatic N) is 4. The van der Waals surface area contributed by atoms with Crippen molar-refractivity contribution in [3.8, 4) is 28.2 Å². The molecule has 8 aromatic rings. The zero-order valence-electron chi connectivity index (χ0n) is 24.8. The summed E-state index contributed by atoms with van der Waals surface area (Å²) in [5.41, 5.74) is 11.0. The van der Waals surface area contributed by atoms with Gasteiger partial charge in [0.25, 0.3) is 0 Å². The van der Waals surface area contributed by atoms with Gasteiger partial charge in [-0.05, 0) is 78.2 Å². The number of H-pyrrole nitrogens is 1. The van der Waals surface area contributed by atoms with Gasteiger partial charge in [-0.25, -0.2) is 9.97 Å². The summed E-state index contributed by atoms with van der Waals surface area (Å²) in [4.78, 5) is 18.7. The normalized spacial score (nSPS) is 12.2. The summed E-state index contributed by atoms with van der Waals surface area (Å²) in [7, 11) is 0. The lowest BCUT2D eigenvalue weighted by molar-refractivity contribution is 1.11. The Morgan fingerprint density at radius 3 is 2.31 bits per heavy atom. The average molecular weight is 580 g/mol. The quantitative estimate of drug-likeness (QED) is 0.199. The minimum atomic E-state index is 0.662. The number of allylic oxidation sites excluding steroid dienone is 5. The number of para-hydroxylation sites is 2. The first-order valence-electron chi connectivity index (χ1n) is 15.0. The van der Waals surface area contributed by atoms with Gasteiger partial charge in [0.05, 0.1) is 11.2 Å². The Morgan fingerprint density at radius 2 is 1.49 bits per heavy atom. The van der Waals surface area contributed by atoms with Crippen molar-refractivity contribution < 1.29 is 0 Å². The van der Waals surface area contributed by atoms with Crippen molar-refractivity contribution in [3.05, 3.63) is 152 Å². The molecule has 0 fully saturated rings. The molecule has 5 heteroatoms. The van der Waals surface area contributed by atoms with Gasteiger partial charge in [0.2, 0.25) is 0 Å². The molecule has 0 unspecified atom stereocenters. The maximum Gasteiger partial charge on any atom is 0.156 e. The van der Waals surface area contributed by atoms with Gasteiger partial charge in [-0.15, -0.1) is 0 Å². The topological polar surface area (TPSA) is 59.4 Å². The van der Waals surface area contributed by atoms with Crippen LogP contribution in [0.4, 0.5) is 0 Å². The molecule has 5 nitrogen and oxygen atoms in total. The van der Waals surface area contributed by atoms with E-state index in [4.69, 9.17) is 15.0 Å². The molecule has 0 atom stereocenters. The van der Waals surface area contributed by atoms with Crippen molar-refractivity contribution in [1.82, 2.24) is 24.5 Å². The van der Waals surface area contributed by atoms with E-state index in [2.05, 4.69) is 101 Å². The Bertz CT molecular complexity index is 2440. The van der Waals surface area contributed by atoms with Gasteiger partial charge in [0.15, 0.2) is 5.82 Å². The molecule has 214 valence electrons. The first-order chi connectivity index (χ1) is 22.2. The first kappa shape index (κ1) is 26.5. The predicted molar refractivity (Wildman–Crippen MR) is 187 cm³/mol. The van der Waals surface area contributed by atoms with E-state index < -0.39 is 0 Å². The van der Waals surface area contributed by atoms with Gasteiger partial charge in [-0.3, -0.25) is 4.98 Å². The third-order valence-corrected chi connectivity index (χ3v) is 8.31. The molecule has 0 spiro atoms. The van der Waals surface area contributed by atoms with Crippen LogP contribution in [0.3, 0.4) is 0 Å². The number of hydrogen-bond acceptors (Lipinski definition) is 3. The van der Waals surface area contributed by atoms with Crippen LogP contribution in [0.1, 0.15) is 12.7 Å². The van der Waals surface area contributed by atoms with Crippen LogP contribution in [0.5, 0.6) is 0 Å². The minimum Gasteiger partial charge on any atom is -0.355 e. The number of rotatable bonds is 6. The fraction of sp³-hybridized carbons (Fsp3) is 0.0250. The monoisotopic (exact) mass is 579 g/mol. The van der Waals surface area contributed by atoms with Gasteiger partial charge in [0, 0.05) is 39.1 Å². The third kappa shape index (κ3) is 4.53. The predicted octanol–water partition coefficient (Wildman–Crippen LogP) is 10.1. The fourth-order valence-corrected chi connectivity index (χ4v) is 6.16. The molecule has 0 saturated heterocycles. The molecule has 0 bridgehead atoms. The average Bonchev–Trinajstić information content (AvgIpc) is 3.63. The van der Waals surface area contributed by atoms with E-state index in [0.29, 0.717) is 5.82 Å². The summed E-state index contributed by atoms with van der Waals surface area (Å²) in [5.74, 6) is 0.662. The van der Waals surface area contributed by atoms with Crippen LogP contribution in [0.25, 0.3) is 77.5 Å². The molecule has 0 aliphatic carbocycles. The summed E-state index contributed by atoms with van der Waals surface area (Å²) in [6.07, 6.45) is 9.45. The van der Waals surface area contributed by atoms with Crippen LogP contribution in [0.15, 0.2) is 146 Å². The molecule has 4 aromatic heterocycles. The second-order valence-electron chi connectivity index (χ2n) is 11.1. The number of benzene rings is 4. The van der Waals surface area contributed by atoms with Gasteiger partial charge < -0.3 is 9.55 Å². The number of fused-ring (bicyclic) bond motifs is 6. The van der Waals surface area contributed by atoms with Gasteiger partial charge in [0.1, 0.15) is 16.7 Å². The van der Waals surface area contributed by atoms with Crippen molar-refractivity contribution in [2.75, 3.05) is 0 Å². The molecule has 0 saturated carbocycles. The van der Waals surface area contributed by atoms with E-state index in [1.807, 2.05) is 55.6 Å². The molecule has 4 heterocycles. The van der Waals surface area contributed by atoms with E-state index in [9.17, 15) is 0 Å². The molecule has 0 aliphatic heterocycles. The minimum absolute atomic E-state index is 0.662. The van der Waals surface area contributed by atoms with Gasteiger partial charge >= 0.3 is 0 Å². The maximum atomic E-state index is 5.24. The zero-order chi connectivity index (χ0) is 30.3. The van der Waals surface area contributed by atoms with Crippen LogP contribution < -0.4 is 0 Å². The molecule has 8 rings (SSSR count). The second-order valence-corrected chi connectivity index (χ2v) is 11.1. The van der Waals surface area contributed by atoms with Crippen molar-refractivity contribution >= 4 is 49.3 Å². The smallest absolute Gasteiger partial charge is 0.156 e. The standard InChI is InChI=1S/C40H29N5/c1-3-4-6-13-26(2)40-43-37-32-25-28(27-19-21-34-31(24-27)30-16-9-10-17-33(30)42-34)20-22-36(32)45(29-14-7-5-8-15-29)39(37)38(44-40)35-18-11-12-23-41-35/h3-25,42H,1H2,2H3/b6-4-,26-13+. The number of nitrogens with one attached hydrogen (secondary N) is 1. The fourth-order valence-electron chi connectivity index (χ4n) is 6.16. The highest BCUT2D eigenvalue weighted by molar-refractivity contribution is 6.13. The van der Waals surface area contributed by atoms with Crippen LogP contribution >= 0.6 is 0 Å². The van der Waals surface area contributed by atoms with E-state index in [1.165, 1.54) is 10.8 Å². The highest BCUT2D eigenvalue weighted by Crippen LogP contribution is 2.39. The largest absolute Gasteiger partial charge is 0.355 e. The van der Waals surface area contributed by atoms with Crippen molar-refractivity contribution in [2.24, 2.45) is 0 Å². The van der Waals surface area contributed by atoms with E-state index in [0.717, 1.165) is 66.7 Å². The van der Waals surface area contributed by atoms with Crippen molar-refractivity contribution in [2.45, 2.75) is 6.92 Å². The molecular formula is C40H29N5. The van der Waals surface area contributed by atoms with E-state index >= 15 is 0 Å².